The molecule has 0 radical (unpaired) electrons. The van der Waals surface area contributed by atoms with Crippen molar-refractivity contribution in [2.24, 2.45) is 0 Å². The number of carbonyl (C=O) groups is 1. The Labute approximate surface area is 176 Å². The quantitative estimate of drug-likeness (QED) is 0.106. The molecule has 0 saturated heterocycles. The number of aliphatic hydroxyl groups excluding tert-OH is 1. The maximum absolute atomic E-state index is 11.7. The van der Waals surface area contributed by atoms with E-state index < -0.39 is 33.1 Å². The Balaban J connectivity index is 3.48. The van der Waals surface area contributed by atoms with Crippen LogP contribution in [0.4, 0.5) is 0 Å². The van der Waals surface area contributed by atoms with Gasteiger partial charge >= 0.3 is 13.8 Å². The molecule has 0 fully saturated rings. The first-order valence-corrected chi connectivity index (χ1v) is 12.6. The van der Waals surface area contributed by atoms with Crippen molar-refractivity contribution in [3.05, 3.63) is 12.2 Å². The van der Waals surface area contributed by atoms with E-state index in [1.54, 1.807) is 0 Å². The third-order valence-electron chi connectivity index (χ3n) is 4.57. The molecule has 0 aliphatic rings. The van der Waals surface area contributed by atoms with Gasteiger partial charge in [0.25, 0.3) is 0 Å². The van der Waals surface area contributed by atoms with E-state index in [4.69, 9.17) is 19.6 Å². The van der Waals surface area contributed by atoms with Crippen LogP contribution in [-0.2, 0) is 18.6 Å². The van der Waals surface area contributed by atoms with Crippen molar-refractivity contribution in [2.45, 2.75) is 103 Å². The molecule has 1 unspecified atom stereocenters. The van der Waals surface area contributed by atoms with Gasteiger partial charge in [-0.2, -0.15) is 0 Å². The minimum absolute atomic E-state index is 0.232. The van der Waals surface area contributed by atoms with Crippen molar-refractivity contribution < 1.29 is 33.5 Å². The predicted octanol–water partition coefficient (Wildman–Crippen LogP) is 5.04. The molecule has 0 aliphatic heterocycles. The fraction of sp³-hybridized carbons (Fsp3) is 0.857. The van der Waals surface area contributed by atoms with E-state index in [-0.39, 0.29) is 6.42 Å². The Morgan fingerprint density at radius 3 is 1.93 bits per heavy atom. The Morgan fingerprint density at radius 1 is 0.897 bits per heavy atom. The first-order chi connectivity index (χ1) is 13.9. The molecule has 3 N–H and O–H groups in total. The molecular formula is C21H41O7P. The summed E-state index contributed by atoms with van der Waals surface area (Å²) in [4.78, 5) is 28.9. The molecular weight excluding hydrogens is 395 g/mol. The lowest BCUT2D eigenvalue weighted by molar-refractivity contribution is -0.153. The minimum atomic E-state index is -4.64. The summed E-state index contributed by atoms with van der Waals surface area (Å²) in [5.74, 6) is -0.486. The summed E-state index contributed by atoms with van der Waals surface area (Å²) in [5, 5.41) is 9.06. The summed E-state index contributed by atoms with van der Waals surface area (Å²) in [7, 11) is -4.64. The van der Waals surface area contributed by atoms with Gasteiger partial charge in [0.1, 0.15) is 6.10 Å². The number of allylic oxidation sites excluding steroid dienone is 2. The number of hydrogen-bond donors (Lipinski definition) is 3. The average molecular weight is 437 g/mol. The molecule has 8 heteroatoms. The highest BCUT2D eigenvalue weighted by molar-refractivity contribution is 7.46. The van der Waals surface area contributed by atoms with Crippen LogP contribution in [0.1, 0.15) is 96.8 Å². The average Bonchev–Trinajstić information content (AvgIpc) is 2.67. The van der Waals surface area contributed by atoms with Crippen LogP contribution in [0.5, 0.6) is 0 Å². The standard InChI is InChI=1S/C21H41O7P/c1-2-3-4-5-6-7-8-9-10-11-12-13-14-15-16-17-21(23)28-20(18-22)19-27-29(24,25)26/h7-8,20,22H,2-6,9-19H2,1H3,(H2,24,25,26). The first-order valence-electron chi connectivity index (χ1n) is 11.0. The monoisotopic (exact) mass is 436 g/mol. The normalized spacial score (nSPS) is 13.1. The Morgan fingerprint density at radius 2 is 1.41 bits per heavy atom. The highest BCUT2D eigenvalue weighted by Crippen LogP contribution is 2.35. The van der Waals surface area contributed by atoms with E-state index in [1.807, 2.05) is 0 Å². The molecule has 0 aromatic carbocycles. The molecule has 0 saturated carbocycles. The van der Waals surface area contributed by atoms with E-state index in [0.717, 1.165) is 25.7 Å². The Kier molecular flexibility index (Phi) is 18.8. The van der Waals surface area contributed by atoms with Crippen LogP contribution in [0.2, 0.25) is 0 Å². The number of esters is 1. The Hall–Kier alpha value is -0.720. The van der Waals surface area contributed by atoms with Gasteiger partial charge in [0.2, 0.25) is 0 Å². The summed E-state index contributed by atoms with van der Waals surface area (Å²) < 4.78 is 19.8. The van der Waals surface area contributed by atoms with Gasteiger partial charge in [0.15, 0.2) is 0 Å². The zero-order chi connectivity index (χ0) is 21.8. The molecule has 172 valence electrons. The number of phosphoric acid groups is 1. The summed E-state index contributed by atoms with van der Waals surface area (Å²) in [6, 6.07) is 0. The zero-order valence-corrected chi connectivity index (χ0v) is 18.9. The predicted molar refractivity (Wildman–Crippen MR) is 114 cm³/mol. The van der Waals surface area contributed by atoms with Crippen molar-refractivity contribution in [2.75, 3.05) is 13.2 Å². The molecule has 0 heterocycles. The van der Waals surface area contributed by atoms with E-state index in [0.29, 0.717) is 6.42 Å². The smallest absolute Gasteiger partial charge is 0.457 e. The molecule has 29 heavy (non-hydrogen) atoms. The molecule has 0 bridgehead atoms. The summed E-state index contributed by atoms with van der Waals surface area (Å²) in [5.41, 5.74) is 0. The van der Waals surface area contributed by atoms with Gasteiger partial charge in [-0.25, -0.2) is 4.57 Å². The number of aliphatic hydroxyl groups is 1. The topological polar surface area (TPSA) is 113 Å². The molecule has 0 aromatic rings. The van der Waals surface area contributed by atoms with Crippen LogP contribution in [-0.4, -0.2) is 40.2 Å². The molecule has 0 aliphatic carbocycles. The van der Waals surface area contributed by atoms with E-state index in [2.05, 4.69) is 23.6 Å². The van der Waals surface area contributed by atoms with Gasteiger partial charge in [-0.15, -0.1) is 0 Å². The van der Waals surface area contributed by atoms with Crippen molar-refractivity contribution in [3.63, 3.8) is 0 Å². The lowest BCUT2D eigenvalue weighted by atomic mass is 10.1. The number of ether oxygens (including phenoxy) is 1. The second-order valence-electron chi connectivity index (χ2n) is 7.42. The SMILES string of the molecule is CCCCCCC=CCCCCCCCCCC(=O)OC(CO)COP(=O)(O)O. The van der Waals surface area contributed by atoms with Gasteiger partial charge in [-0.1, -0.05) is 70.4 Å². The van der Waals surface area contributed by atoms with Gasteiger partial charge in [-0.3, -0.25) is 9.32 Å². The van der Waals surface area contributed by atoms with Gasteiger partial charge in [-0.05, 0) is 32.1 Å². The third-order valence-corrected chi connectivity index (χ3v) is 5.06. The van der Waals surface area contributed by atoms with Crippen LogP contribution < -0.4 is 0 Å². The Bertz CT molecular complexity index is 462. The molecule has 0 spiro atoms. The van der Waals surface area contributed by atoms with Gasteiger partial charge in [0, 0.05) is 6.42 Å². The van der Waals surface area contributed by atoms with Crippen LogP contribution in [0.15, 0.2) is 12.2 Å². The second kappa shape index (κ2) is 19.3. The van der Waals surface area contributed by atoms with Gasteiger partial charge in [0.05, 0.1) is 13.2 Å². The first kappa shape index (κ1) is 28.3. The largest absolute Gasteiger partial charge is 0.469 e. The fourth-order valence-electron chi connectivity index (χ4n) is 2.89. The second-order valence-corrected chi connectivity index (χ2v) is 8.65. The minimum Gasteiger partial charge on any atom is -0.457 e. The number of unbranched alkanes of at least 4 members (excludes halogenated alkanes) is 11. The zero-order valence-electron chi connectivity index (χ0n) is 18.0. The van der Waals surface area contributed by atoms with Crippen molar-refractivity contribution in [1.29, 1.82) is 0 Å². The number of phosphoric ester groups is 1. The molecule has 7 nitrogen and oxygen atoms in total. The third kappa shape index (κ3) is 21.8. The lowest BCUT2D eigenvalue weighted by Gasteiger charge is -2.15. The van der Waals surface area contributed by atoms with Crippen LogP contribution >= 0.6 is 7.82 Å². The lowest BCUT2D eigenvalue weighted by Crippen LogP contribution is -2.26. The number of hydrogen-bond acceptors (Lipinski definition) is 5. The maximum Gasteiger partial charge on any atom is 0.469 e. The molecule has 1 atom stereocenters. The fourth-order valence-corrected chi connectivity index (χ4v) is 3.25. The highest BCUT2D eigenvalue weighted by atomic mass is 31.2. The van der Waals surface area contributed by atoms with Crippen molar-refractivity contribution in [3.8, 4) is 0 Å². The van der Waals surface area contributed by atoms with Crippen LogP contribution in [0.25, 0.3) is 0 Å². The van der Waals surface area contributed by atoms with E-state index in [9.17, 15) is 9.36 Å². The number of carbonyl (C=O) groups excluding carboxylic acids is 1. The van der Waals surface area contributed by atoms with Crippen LogP contribution in [0, 0.1) is 0 Å². The summed E-state index contributed by atoms with van der Waals surface area (Å²) in [6.45, 7) is 1.16. The van der Waals surface area contributed by atoms with Gasteiger partial charge < -0.3 is 19.6 Å². The van der Waals surface area contributed by atoms with Crippen molar-refractivity contribution >= 4 is 13.8 Å². The summed E-state index contributed by atoms with van der Waals surface area (Å²) >= 11 is 0. The highest BCUT2D eigenvalue weighted by Gasteiger charge is 2.20. The van der Waals surface area contributed by atoms with Crippen LogP contribution in [0.3, 0.4) is 0 Å². The molecule has 0 amide bonds. The molecule has 0 rings (SSSR count). The molecule has 0 aromatic heterocycles. The van der Waals surface area contributed by atoms with E-state index >= 15 is 0 Å². The number of rotatable bonds is 20. The maximum atomic E-state index is 11.7. The summed E-state index contributed by atoms with van der Waals surface area (Å²) in [6.07, 6.45) is 19.0. The van der Waals surface area contributed by atoms with E-state index in [1.165, 1.54) is 51.4 Å². The van der Waals surface area contributed by atoms with Crippen molar-refractivity contribution in [1.82, 2.24) is 0 Å².